The number of urea groups is 1. The molecule has 1 aliphatic rings. The van der Waals surface area contributed by atoms with Crippen molar-refractivity contribution in [3.63, 3.8) is 0 Å². The molecule has 0 radical (unpaired) electrons. The summed E-state index contributed by atoms with van der Waals surface area (Å²) in [6.45, 7) is 1.79. The van der Waals surface area contributed by atoms with Gasteiger partial charge < -0.3 is 5.32 Å². The first-order valence-electron chi connectivity index (χ1n) is 4.88. The molecule has 1 aliphatic heterocycles. The Morgan fingerprint density at radius 3 is 2.81 bits per heavy atom. The van der Waals surface area contributed by atoms with Crippen molar-refractivity contribution in [1.82, 2.24) is 10.3 Å². The van der Waals surface area contributed by atoms with Crippen LogP contribution in [0.4, 0.5) is 14.9 Å². The van der Waals surface area contributed by atoms with Gasteiger partial charge in [-0.3, -0.25) is 9.78 Å². The summed E-state index contributed by atoms with van der Waals surface area (Å²) in [5.74, 6) is -0.960. The number of imide groups is 1. The smallest absolute Gasteiger partial charge is 0.325 e. The SMILES string of the molecule is CCC1NC(=O)N(c2cncc(F)c2)C1=O. The molecule has 16 heavy (non-hydrogen) atoms. The molecular formula is C10H10FN3O2. The Morgan fingerprint density at radius 1 is 1.50 bits per heavy atom. The summed E-state index contributed by atoms with van der Waals surface area (Å²) in [6.07, 6.45) is 2.79. The van der Waals surface area contributed by atoms with Crippen molar-refractivity contribution in [2.75, 3.05) is 4.90 Å². The number of amides is 3. The van der Waals surface area contributed by atoms with E-state index in [1.807, 2.05) is 0 Å². The topological polar surface area (TPSA) is 62.3 Å². The summed E-state index contributed by atoms with van der Waals surface area (Å²) < 4.78 is 12.9. The summed E-state index contributed by atoms with van der Waals surface area (Å²) >= 11 is 0. The second-order valence-electron chi connectivity index (χ2n) is 3.45. The van der Waals surface area contributed by atoms with Crippen molar-refractivity contribution in [3.05, 3.63) is 24.3 Å². The molecular weight excluding hydrogens is 213 g/mol. The van der Waals surface area contributed by atoms with Gasteiger partial charge in [0.2, 0.25) is 0 Å². The molecule has 3 amide bonds. The number of pyridine rings is 1. The number of rotatable bonds is 2. The summed E-state index contributed by atoms with van der Waals surface area (Å²) in [4.78, 5) is 27.8. The minimum atomic E-state index is -0.585. The van der Waals surface area contributed by atoms with Gasteiger partial charge in [-0.25, -0.2) is 14.1 Å². The Bertz CT molecular complexity index is 449. The highest BCUT2D eigenvalue weighted by molar-refractivity contribution is 6.21. The number of hydrogen-bond acceptors (Lipinski definition) is 3. The molecule has 1 unspecified atom stereocenters. The lowest BCUT2D eigenvalue weighted by Crippen LogP contribution is -2.31. The zero-order valence-corrected chi connectivity index (χ0v) is 8.61. The minimum Gasteiger partial charge on any atom is -0.325 e. The molecule has 0 saturated carbocycles. The van der Waals surface area contributed by atoms with Crippen molar-refractivity contribution in [3.8, 4) is 0 Å². The van der Waals surface area contributed by atoms with Crippen molar-refractivity contribution < 1.29 is 14.0 Å². The van der Waals surface area contributed by atoms with Crippen LogP contribution in [-0.4, -0.2) is 23.0 Å². The van der Waals surface area contributed by atoms with E-state index in [1.54, 1.807) is 6.92 Å². The van der Waals surface area contributed by atoms with Crippen LogP contribution in [0.3, 0.4) is 0 Å². The van der Waals surface area contributed by atoms with Crippen LogP contribution < -0.4 is 10.2 Å². The van der Waals surface area contributed by atoms with Gasteiger partial charge in [0.25, 0.3) is 5.91 Å². The van der Waals surface area contributed by atoms with E-state index in [4.69, 9.17) is 0 Å². The average Bonchev–Trinajstić information content (AvgIpc) is 2.53. The molecule has 1 fully saturated rings. The molecule has 0 aliphatic carbocycles. The summed E-state index contributed by atoms with van der Waals surface area (Å²) in [7, 11) is 0. The third-order valence-corrected chi connectivity index (χ3v) is 2.38. The lowest BCUT2D eigenvalue weighted by molar-refractivity contribution is -0.118. The van der Waals surface area contributed by atoms with Crippen LogP contribution in [-0.2, 0) is 4.79 Å². The van der Waals surface area contributed by atoms with Crippen LogP contribution in [0.15, 0.2) is 18.5 Å². The molecule has 0 aromatic carbocycles. The lowest BCUT2D eigenvalue weighted by Gasteiger charge is -2.11. The molecule has 84 valence electrons. The van der Waals surface area contributed by atoms with Gasteiger partial charge in [-0.15, -0.1) is 0 Å². The first-order chi connectivity index (χ1) is 7.63. The number of nitrogens with one attached hydrogen (secondary N) is 1. The fourth-order valence-corrected chi connectivity index (χ4v) is 1.58. The van der Waals surface area contributed by atoms with E-state index in [-0.39, 0.29) is 11.6 Å². The van der Waals surface area contributed by atoms with E-state index in [2.05, 4.69) is 10.3 Å². The fraction of sp³-hybridized carbons (Fsp3) is 0.300. The largest absolute Gasteiger partial charge is 0.329 e. The van der Waals surface area contributed by atoms with Crippen LogP contribution in [0.25, 0.3) is 0 Å². The standard InChI is InChI=1S/C10H10FN3O2/c1-2-8-9(15)14(10(16)13-8)7-3-6(11)4-12-5-7/h3-5,8H,2H2,1H3,(H,13,16). The first kappa shape index (κ1) is 10.5. The Labute approximate surface area is 91.3 Å². The maximum Gasteiger partial charge on any atom is 0.329 e. The Hall–Kier alpha value is -1.98. The predicted molar refractivity (Wildman–Crippen MR) is 54.3 cm³/mol. The van der Waals surface area contributed by atoms with Crippen LogP contribution in [0.1, 0.15) is 13.3 Å². The maximum atomic E-state index is 12.9. The molecule has 2 rings (SSSR count). The molecule has 1 saturated heterocycles. The third kappa shape index (κ3) is 1.62. The molecule has 1 N–H and O–H groups in total. The molecule has 1 atom stereocenters. The molecule has 6 heteroatoms. The zero-order valence-electron chi connectivity index (χ0n) is 8.61. The molecule has 1 aromatic heterocycles. The van der Waals surface area contributed by atoms with E-state index in [9.17, 15) is 14.0 Å². The number of aromatic nitrogens is 1. The van der Waals surface area contributed by atoms with Crippen molar-refractivity contribution in [2.45, 2.75) is 19.4 Å². The van der Waals surface area contributed by atoms with Gasteiger partial charge in [0.05, 0.1) is 18.1 Å². The number of hydrogen-bond donors (Lipinski definition) is 1. The highest BCUT2D eigenvalue weighted by atomic mass is 19.1. The van der Waals surface area contributed by atoms with E-state index in [0.29, 0.717) is 6.42 Å². The second-order valence-corrected chi connectivity index (χ2v) is 3.45. The first-order valence-corrected chi connectivity index (χ1v) is 4.88. The number of carbonyl (C=O) groups is 2. The van der Waals surface area contributed by atoms with Gasteiger partial charge in [0.15, 0.2) is 0 Å². The quantitative estimate of drug-likeness (QED) is 0.762. The highest BCUT2D eigenvalue weighted by Gasteiger charge is 2.38. The van der Waals surface area contributed by atoms with E-state index >= 15 is 0 Å². The van der Waals surface area contributed by atoms with E-state index in [1.165, 1.54) is 6.20 Å². The molecule has 0 bridgehead atoms. The molecule has 2 heterocycles. The highest BCUT2D eigenvalue weighted by Crippen LogP contribution is 2.20. The average molecular weight is 223 g/mol. The molecule has 5 nitrogen and oxygen atoms in total. The van der Waals surface area contributed by atoms with E-state index < -0.39 is 17.9 Å². The summed E-state index contributed by atoms with van der Waals surface area (Å²) in [5, 5.41) is 2.51. The summed E-state index contributed by atoms with van der Waals surface area (Å²) in [6, 6.07) is 0.0303. The van der Waals surface area contributed by atoms with Crippen molar-refractivity contribution in [2.24, 2.45) is 0 Å². The van der Waals surface area contributed by atoms with Crippen molar-refractivity contribution in [1.29, 1.82) is 0 Å². The van der Waals surface area contributed by atoms with Crippen LogP contribution in [0, 0.1) is 5.82 Å². The monoisotopic (exact) mass is 223 g/mol. The predicted octanol–water partition coefficient (Wildman–Crippen LogP) is 1.06. The number of nitrogens with zero attached hydrogens (tertiary/aromatic N) is 2. The zero-order chi connectivity index (χ0) is 11.7. The Morgan fingerprint density at radius 2 is 2.25 bits per heavy atom. The Kier molecular flexibility index (Phi) is 2.55. The van der Waals surface area contributed by atoms with E-state index in [0.717, 1.165) is 17.2 Å². The second kappa shape index (κ2) is 3.88. The van der Waals surface area contributed by atoms with Gasteiger partial charge in [0, 0.05) is 6.07 Å². The summed E-state index contributed by atoms with van der Waals surface area (Å²) in [5.41, 5.74) is 0.151. The maximum absolute atomic E-state index is 12.9. The normalized spacial score (nSPS) is 20.1. The van der Waals surface area contributed by atoms with Gasteiger partial charge >= 0.3 is 6.03 Å². The number of anilines is 1. The Balaban J connectivity index is 2.34. The van der Waals surface area contributed by atoms with Gasteiger partial charge in [-0.2, -0.15) is 0 Å². The third-order valence-electron chi connectivity index (χ3n) is 2.38. The van der Waals surface area contributed by atoms with Crippen LogP contribution in [0.2, 0.25) is 0 Å². The van der Waals surface area contributed by atoms with Crippen LogP contribution in [0.5, 0.6) is 0 Å². The number of carbonyl (C=O) groups excluding carboxylic acids is 2. The minimum absolute atomic E-state index is 0.151. The van der Waals surface area contributed by atoms with Gasteiger partial charge in [-0.05, 0) is 6.42 Å². The molecule has 1 aromatic rings. The number of halogens is 1. The van der Waals surface area contributed by atoms with Crippen LogP contribution >= 0.6 is 0 Å². The van der Waals surface area contributed by atoms with Gasteiger partial charge in [-0.1, -0.05) is 6.92 Å². The van der Waals surface area contributed by atoms with Gasteiger partial charge in [0.1, 0.15) is 11.9 Å². The molecule has 0 spiro atoms. The lowest BCUT2D eigenvalue weighted by atomic mass is 10.2. The van der Waals surface area contributed by atoms with Crippen molar-refractivity contribution >= 4 is 17.6 Å². The fourth-order valence-electron chi connectivity index (χ4n) is 1.58.